The van der Waals surface area contributed by atoms with Crippen LogP contribution in [0.3, 0.4) is 0 Å². The number of aryl methyl sites for hydroxylation is 2. The minimum Gasteiger partial charge on any atom is -0.352 e. The van der Waals surface area contributed by atoms with Gasteiger partial charge in [0.25, 0.3) is 5.91 Å². The molecule has 0 atom stereocenters. The number of rotatable bonds is 8. The van der Waals surface area contributed by atoms with Crippen LogP contribution in [0.15, 0.2) is 49.1 Å². The van der Waals surface area contributed by atoms with Crippen LogP contribution in [0.25, 0.3) is 0 Å². The van der Waals surface area contributed by atoms with Crippen LogP contribution in [0.4, 0.5) is 5.82 Å². The van der Waals surface area contributed by atoms with Gasteiger partial charge in [-0.2, -0.15) is 0 Å². The van der Waals surface area contributed by atoms with Gasteiger partial charge in [0.2, 0.25) is 0 Å². The van der Waals surface area contributed by atoms with Crippen LogP contribution in [-0.2, 0) is 20.0 Å². The number of carbonyl (C=O) groups excluding carboxylic acids is 1. The maximum atomic E-state index is 12.2. The highest BCUT2D eigenvalue weighted by Crippen LogP contribution is 2.12. The lowest BCUT2D eigenvalue weighted by atomic mass is 10.2. The van der Waals surface area contributed by atoms with Gasteiger partial charge in [-0.15, -0.1) is 10.2 Å². The van der Waals surface area contributed by atoms with Crippen LogP contribution in [0.5, 0.6) is 0 Å². The Kier molecular flexibility index (Phi) is 6.09. The smallest absolute Gasteiger partial charge is 0.252 e. The summed E-state index contributed by atoms with van der Waals surface area (Å²) in [6.45, 7) is 1.19. The topological polar surface area (TPSA) is 88.8 Å². The molecule has 27 heavy (non-hydrogen) atoms. The number of nitrogens with one attached hydrogen (secondary N) is 1. The summed E-state index contributed by atoms with van der Waals surface area (Å²) in [5.74, 6) is 1.49. The van der Waals surface area contributed by atoms with E-state index in [1.807, 2.05) is 47.8 Å². The zero-order valence-corrected chi connectivity index (χ0v) is 15.5. The van der Waals surface area contributed by atoms with Gasteiger partial charge in [0.05, 0.1) is 12.1 Å². The van der Waals surface area contributed by atoms with E-state index in [-0.39, 0.29) is 5.91 Å². The zero-order chi connectivity index (χ0) is 19.1. The third-order valence-electron chi connectivity index (χ3n) is 4.21. The first-order chi connectivity index (χ1) is 13.1. The molecular weight excluding hydrogens is 342 g/mol. The monoisotopic (exact) mass is 365 g/mol. The SMILES string of the molecule is CN(Cc1nncn1C)c1ccc(C(=O)NCCCc2ccccn2)cn1. The van der Waals surface area contributed by atoms with Crippen LogP contribution in [0.1, 0.15) is 28.3 Å². The predicted molar refractivity (Wildman–Crippen MR) is 102 cm³/mol. The second-order valence-corrected chi connectivity index (χ2v) is 6.30. The van der Waals surface area contributed by atoms with E-state index in [1.165, 1.54) is 0 Å². The van der Waals surface area contributed by atoms with Crippen molar-refractivity contribution < 1.29 is 4.79 Å². The number of amides is 1. The van der Waals surface area contributed by atoms with Crippen molar-refractivity contribution in [2.24, 2.45) is 7.05 Å². The fourth-order valence-electron chi connectivity index (χ4n) is 2.61. The van der Waals surface area contributed by atoms with Crippen LogP contribution in [0.2, 0.25) is 0 Å². The molecule has 3 heterocycles. The minimum absolute atomic E-state index is 0.119. The molecule has 0 aliphatic carbocycles. The third-order valence-corrected chi connectivity index (χ3v) is 4.21. The van der Waals surface area contributed by atoms with E-state index in [4.69, 9.17) is 0 Å². The molecule has 3 aromatic heterocycles. The van der Waals surface area contributed by atoms with Gasteiger partial charge in [0, 0.05) is 38.7 Å². The first-order valence-electron chi connectivity index (χ1n) is 8.81. The van der Waals surface area contributed by atoms with Crippen molar-refractivity contribution in [2.75, 3.05) is 18.5 Å². The summed E-state index contributed by atoms with van der Waals surface area (Å²) >= 11 is 0. The number of anilines is 1. The summed E-state index contributed by atoms with van der Waals surface area (Å²) in [7, 11) is 3.83. The molecule has 0 aromatic carbocycles. The van der Waals surface area contributed by atoms with Crippen molar-refractivity contribution in [1.82, 2.24) is 30.0 Å². The van der Waals surface area contributed by atoms with E-state index in [0.717, 1.165) is 30.2 Å². The van der Waals surface area contributed by atoms with Crippen molar-refractivity contribution in [2.45, 2.75) is 19.4 Å². The van der Waals surface area contributed by atoms with Crippen LogP contribution >= 0.6 is 0 Å². The van der Waals surface area contributed by atoms with Crippen molar-refractivity contribution in [3.63, 3.8) is 0 Å². The molecule has 0 aliphatic rings. The molecule has 0 aliphatic heterocycles. The van der Waals surface area contributed by atoms with Crippen molar-refractivity contribution in [3.05, 3.63) is 66.1 Å². The number of carbonyl (C=O) groups is 1. The molecule has 140 valence electrons. The van der Waals surface area contributed by atoms with Gasteiger partial charge >= 0.3 is 0 Å². The molecule has 3 rings (SSSR count). The summed E-state index contributed by atoms with van der Waals surface area (Å²) in [6.07, 6.45) is 6.72. The average Bonchev–Trinajstić information content (AvgIpc) is 3.10. The highest BCUT2D eigenvalue weighted by molar-refractivity contribution is 5.94. The van der Waals surface area contributed by atoms with E-state index in [9.17, 15) is 4.79 Å². The second kappa shape index (κ2) is 8.88. The lowest BCUT2D eigenvalue weighted by Gasteiger charge is -2.17. The highest BCUT2D eigenvalue weighted by Gasteiger charge is 2.10. The van der Waals surface area contributed by atoms with E-state index in [2.05, 4.69) is 25.5 Å². The van der Waals surface area contributed by atoms with Crippen molar-refractivity contribution in [1.29, 1.82) is 0 Å². The normalized spacial score (nSPS) is 10.6. The van der Waals surface area contributed by atoms with Crippen molar-refractivity contribution in [3.8, 4) is 0 Å². The van der Waals surface area contributed by atoms with Gasteiger partial charge in [-0.1, -0.05) is 6.07 Å². The summed E-state index contributed by atoms with van der Waals surface area (Å²) in [4.78, 5) is 22.9. The molecule has 0 radical (unpaired) electrons. The Hall–Kier alpha value is -3.29. The molecule has 8 heteroatoms. The molecule has 0 saturated carbocycles. The van der Waals surface area contributed by atoms with E-state index in [0.29, 0.717) is 18.7 Å². The summed E-state index contributed by atoms with van der Waals surface area (Å²) in [5, 5.41) is 10.9. The number of pyridine rings is 2. The highest BCUT2D eigenvalue weighted by atomic mass is 16.1. The van der Waals surface area contributed by atoms with E-state index < -0.39 is 0 Å². The lowest BCUT2D eigenvalue weighted by Crippen LogP contribution is -2.25. The molecule has 0 unspecified atom stereocenters. The molecule has 8 nitrogen and oxygen atoms in total. The molecule has 1 N–H and O–H groups in total. The number of hydrogen-bond acceptors (Lipinski definition) is 6. The maximum Gasteiger partial charge on any atom is 0.252 e. The number of aromatic nitrogens is 5. The Morgan fingerprint density at radius 3 is 2.78 bits per heavy atom. The zero-order valence-electron chi connectivity index (χ0n) is 15.5. The Bertz CT molecular complexity index is 861. The van der Waals surface area contributed by atoms with Gasteiger partial charge in [-0.05, 0) is 37.1 Å². The Morgan fingerprint density at radius 1 is 1.22 bits per heavy atom. The number of hydrogen-bond donors (Lipinski definition) is 1. The predicted octanol–water partition coefficient (Wildman–Crippen LogP) is 1.60. The fraction of sp³-hybridized carbons (Fsp3) is 0.316. The lowest BCUT2D eigenvalue weighted by molar-refractivity contribution is 0.0953. The average molecular weight is 365 g/mol. The molecular formula is C19H23N7O. The molecule has 3 aromatic rings. The Balaban J connectivity index is 1.47. The van der Waals surface area contributed by atoms with E-state index >= 15 is 0 Å². The minimum atomic E-state index is -0.119. The molecule has 0 fully saturated rings. The largest absolute Gasteiger partial charge is 0.352 e. The van der Waals surface area contributed by atoms with Gasteiger partial charge < -0.3 is 14.8 Å². The molecule has 1 amide bonds. The second-order valence-electron chi connectivity index (χ2n) is 6.30. The Labute approximate surface area is 158 Å². The Morgan fingerprint density at radius 2 is 2.11 bits per heavy atom. The van der Waals surface area contributed by atoms with Crippen molar-refractivity contribution >= 4 is 11.7 Å². The fourth-order valence-corrected chi connectivity index (χ4v) is 2.61. The third kappa shape index (κ3) is 5.10. The quantitative estimate of drug-likeness (QED) is 0.610. The standard InChI is InChI=1S/C19H23N7O/c1-25(13-18-24-23-14-26(18)2)17-9-8-15(12-22-17)19(27)21-11-5-7-16-6-3-4-10-20-16/h3-4,6,8-10,12,14H,5,7,11,13H2,1-2H3,(H,21,27). The van der Waals surface area contributed by atoms with Crippen LogP contribution in [0, 0.1) is 0 Å². The summed E-state index contributed by atoms with van der Waals surface area (Å²) in [5.41, 5.74) is 1.58. The first-order valence-corrected chi connectivity index (χ1v) is 8.81. The van der Waals surface area contributed by atoms with Crippen LogP contribution in [-0.4, -0.2) is 44.2 Å². The summed E-state index contributed by atoms with van der Waals surface area (Å²) in [6, 6.07) is 9.47. The van der Waals surface area contributed by atoms with Gasteiger partial charge in [-0.25, -0.2) is 4.98 Å². The van der Waals surface area contributed by atoms with Gasteiger partial charge in [-0.3, -0.25) is 9.78 Å². The maximum absolute atomic E-state index is 12.2. The molecule has 0 spiro atoms. The first kappa shape index (κ1) is 18.5. The molecule has 0 saturated heterocycles. The van der Waals surface area contributed by atoms with Gasteiger partial charge in [0.1, 0.15) is 12.1 Å². The number of nitrogens with zero attached hydrogens (tertiary/aromatic N) is 6. The summed E-state index contributed by atoms with van der Waals surface area (Å²) < 4.78 is 1.86. The van der Waals surface area contributed by atoms with Crippen LogP contribution < -0.4 is 10.2 Å². The molecule has 0 bridgehead atoms. The van der Waals surface area contributed by atoms with Gasteiger partial charge in [0.15, 0.2) is 5.82 Å². The van der Waals surface area contributed by atoms with E-state index in [1.54, 1.807) is 24.8 Å².